The summed E-state index contributed by atoms with van der Waals surface area (Å²) in [5.41, 5.74) is 4.22. The maximum absolute atomic E-state index is 3.82. The van der Waals surface area contributed by atoms with Crippen molar-refractivity contribution >= 4 is 27.7 Å². The van der Waals surface area contributed by atoms with Gasteiger partial charge in [0.1, 0.15) is 0 Å². The fraction of sp³-hybridized carbons (Fsp3) is 0.143. The number of alkyl halides is 1. The lowest BCUT2D eigenvalue weighted by Gasteiger charge is -2.12. The fourth-order valence-electron chi connectivity index (χ4n) is 2.06. The number of rotatable bonds is 0. The van der Waals surface area contributed by atoms with Crippen molar-refractivity contribution in [3.8, 4) is 0 Å². The summed E-state index contributed by atoms with van der Waals surface area (Å²) < 4.78 is 0. The zero-order valence-electron chi connectivity index (χ0n) is 8.69. The van der Waals surface area contributed by atoms with E-state index in [2.05, 4.69) is 64.5 Å². The van der Waals surface area contributed by atoms with Crippen LogP contribution in [0.15, 0.2) is 53.4 Å². The second kappa shape index (κ2) is 4.27. The molecule has 0 aliphatic carbocycles. The summed E-state index contributed by atoms with van der Waals surface area (Å²) >= 11 is 5.75. The molecule has 3 rings (SSSR count). The molecule has 0 saturated heterocycles. The normalized spacial score (nSPS) is 18.4. The highest BCUT2D eigenvalue weighted by Crippen LogP contribution is 2.43. The molecule has 0 spiro atoms. The number of hydrogen-bond donors (Lipinski definition) is 0. The van der Waals surface area contributed by atoms with Gasteiger partial charge >= 0.3 is 0 Å². The molecule has 0 amide bonds. The van der Waals surface area contributed by atoms with Gasteiger partial charge in [-0.05, 0) is 22.8 Å². The predicted octanol–water partition coefficient (Wildman–Crippen LogP) is 4.78. The van der Waals surface area contributed by atoms with Gasteiger partial charge in [0.15, 0.2) is 0 Å². The maximum Gasteiger partial charge on any atom is 0.0658 e. The molecule has 80 valence electrons. The van der Waals surface area contributed by atoms with Gasteiger partial charge in [0.05, 0.1) is 4.83 Å². The van der Waals surface area contributed by atoms with E-state index in [0.29, 0.717) is 4.83 Å². The Kier molecular flexibility index (Phi) is 2.78. The van der Waals surface area contributed by atoms with Gasteiger partial charge in [-0.1, -0.05) is 58.4 Å². The highest BCUT2D eigenvalue weighted by atomic mass is 79.9. The van der Waals surface area contributed by atoms with E-state index in [1.54, 1.807) is 0 Å². The van der Waals surface area contributed by atoms with E-state index >= 15 is 0 Å². The van der Waals surface area contributed by atoms with Crippen molar-refractivity contribution in [1.82, 2.24) is 0 Å². The van der Waals surface area contributed by atoms with Crippen LogP contribution in [0.4, 0.5) is 0 Å². The van der Waals surface area contributed by atoms with Crippen molar-refractivity contribution in [3.63, 3.8) is 0 Å². The van der Waals surface area contributed by atoms with E-state index in [4.69, 9.17) is 0 Å². The fourth-order valence-corrected chi connectivity index (χ4v) is 4.16. The summed E-state index contributed by atoms with van der Waals surface area (Å²) in [6, 6.07) is 17.3. The van der Waals surface area contributed by atoms with E-state index in [1.165, 1.54) is 21.6 Å². The number of benzene rings is 2. The Morgan fingerprint density at radius 2 is 1.62 bits per heavy atom. The minimum absolute atomic E-state index is 0.329. The minimum atomic E-state index is 0.329. The van der Waals surface area contributed by atoms with Crippen molar-refractivity contribution in [3.05, 3.63) is 65.2 Å². The van der Waals surface area contributed by atoms with Crippen LogP contribution in [0, 0.1) is 0 Å². The van der Waals surface area contributed by atoms with Crippen molar-refractivity contribution in [2.45, 2.75) is 15.5 Å². The molecule has 0 fully saturated rings. The van der Waals surface area contributed by atoms with Gasteiger partial charge in [-0.3, -0.25) is 0 Å². The van der Waals surface area contributed by atoms with E-state index in [1.807, 2.05) is 11.8 Å². The first-order valence-electron chi connectivity index (χ1n) is 5.30. The van der Waals surface area contributed by atoms with Crippen LogP contribution in [-0.2, 0) is 5.75 Å². The Hall–Kier alpha value is -0.730. The third-order valence-corrected chi connectivity index (χ3v) is 5.03. The van der Waals surface area contributed by atoms with Crippen molar-refractivity contribution < 1.29 is 0 Å². The Morgan fingerprint density at radius 1 is 0.938 bits per heavy atom. The van der Waals surface area contributed by atoms with Gasteiger partial charge in [0.25, 0.3) is 0 Å². The summed E-state index contributed by atoms with van der Waals surface area (Å²) in [5, 5.41) is 0. The van der Waals surface area contributed by atoms with Crippen LogP contribution in [0.2, 0.25) is 0 Å². The number of halogens is 1. The molecule has 1 atom stereocenters. The Balaban J connectivity index is 2.18. The van der Waals surface area contributed by atoms with Crippen molar-refractivity contribution in [1.29, 1.82) is 0 Å². The first kappa shape index (κ1) is 10.4. The summed E-state index contributed by atoms with van der Waals surface area (Å²) in [7, 11) is 0. The largest absolute Gasteiger partial charge is 0.121 e. The average molecular weight is 291 g/mol. The molecule has 0 saturated carbocycles. The monoisotopic (exact) mass is 290 g/mol. The Morgan fingerprint density at radius 3 is 2.50 bits per heavy atom. The predicted molar refractivity (Wildman–Crippen MR) is 73.2 cm³/mol. The van der Waals surface area contributed by atoms with Gasteiger partial charge in [0.2, 0.25) is 0 Å². The molecule has 16 heavy (non-hydrogen) atoms. The van der Waals surface area contributed by atoms with Crippen LogP contribution in [0.5, 0.6) is 0 Å². The van der Waals surface area contributed by atoms with Gasteiger partial charge in [-0.15, -0.1) is 11.8 Å². The summed E-state index contributed by atoms with van der Waals surface area (Å²) in [4.78, 5) is 1.72. The van der Waals surface area contributed by atoms with E-state index in [9.17, 15) is 0 Å². The molecule has 0 bridgehead atoms. The van der Waals surface area contributed by atoms with Crippen molar-refractivity contribution in [2.75, 3.05) is 0 Å². The maximum atomic E-state index is 3.82. The first-order chi connectivity index (χ1) is 7.86. The quantitative estimate of drug-likeness (QED) is 0.630. The third kappa shape index (κ3) is 1.70. The van der Waals surface area contributed by atoms with E-state index in [-0.39, 0.29) is 0 Å². The van der Waals surface area contributed by atoms with E-state index < -0.39 is 0 Å². The van der Waals surface area contributed by atoms with E-state index in [0.717, 1.165) is 5.75 Å². The standard InChI is InChI=1S/C14H11BrS/c15-14-11-6-2-1-5-10(11)9-16-13-8-4-3-7-12(13)14/h1-8,14H,9H2. The van der Waals surface area contributed by atoms with Gasteiger partial charge in [-0.2, -0.15) is 0 Å². The summed E-state index contributed by atoms with van der Waals surface area (Å²) in [6.45, 7) is 0. The molecule has 1 aliphatic heterocycles. The Labute approximate surface area is 108 Å². The van der Waals surface area contributed by atoms with Gasteiger partial charge in [-0.25, -0.2) is 0 Å². The van der Waals surface area contributed by atoms with Crippen LogP contribution in [0.25, 0.3) is 0 Å². The summed E-state index contributed by atoms with van der Waals surface area (Å²) in [5.74, 6) is 1.06. The molecule has 2 aromatic rings. The molecule has 0 aromatic heterocycles. The molecule has 0 radical (unpaired) electrons. The van der Waals surface area contributed by atoms with Gasteiger partial charge < -0.3 is 0 Å². The number of thioether (sulfide) groups is 1. The second-order valence-corrected chi connectivity index (χ2v) is 5.82. The van der Waals surface area contributed by atoms with Crippen molar-refractivity contribution in [2.24, 2.45) is 0 Å². The van der Waals surface area contributed by atoms with Crippen LogP contribution < -0.4 is 0 Å². The van der Waals surface area contributed by atoms with Crippen LogP contribution in [0.3, 0.4) is 0 Å². The van der Waals surface area contributed by atoms with Crippen LogP contribution >= 0.6 is 27.7 Å². The minimum Gasteiger partial charge on any atom is -0.121 e. The molecular weight excluding hydrogens is 280 g/mol. The molecular formula is C14H11BrS. The molecule has 0 nitrogen and oxygen atoms in total. The zero-order valence-corrected chi connectivity index (χ0v) is 11.1. The molecule has 2 heteroatoms. The highest BCUT2D eigenvalue weighted by Gasteiger charge is 2.20. The first-order valence-corrected chi connectivity index (χ1v) is 7.20. The van der Waals surface area contributed by atoms with Crippen LogP contribution in [0.1, 0.15) is 21.5 Å². The molecule has 1 unspecified atom stereocenters. The summed E-state index contributed by atoms with van der Waals surface area (Å²) in [6.07, 6.45) is 0. The average Bonchev–Trinajstić information content (AvgIpc) is 2.49. The molecule has 1 aliphatic rings. The lowest BCUT2D eigenvalue weighted by atomic mass is 10.0. The van der Waals surface area contributed by atoms with Gasteiger partial charge in [0, 0.05) is 10.6 Å². The zero-order chi connectivity index (χ0) is 11.0. The van der Waals surface area contributed by atoms with Crippen LogP contribution in [-0.4, -0.2) is 0 Å². The second-order valence-electron chi connectivity index (χ2n) is 3.89. The molecule has 2 aromatic carbocycles. The Bertz CT molecular complexity index is 474. The molecule has 1 heterocycles. The number of fused-ring (bicyclic) bond motifs is 2. The topological polar surface area (TPSA) is 0 Å². The highest BCUT2D eigenvalue weighted by molar-refractivity contribution is 9.09. The smallest absolute Gasteiger partial charge is 0.0658 e. The lowest BCUT2D eigenvalue weighted by Crippen LogP contribution is -1.95. The third-order valence-electron chi connectivity index (χ3n) is 2.90. The number of hydrogen-bond acceptors (Lipinski definition) is 1. The molecule has 0 N–H and O–H groups in total. The lowest BCUT2D eigenvalue weighted by molar-refractivity contribution is 1.11. The SMILES string of the molecule is BrC1c2ccccc2CSc2ccccc21.